The van der Waals surface area contributed by atoms with E-state index in [1.807, 2.05) is 32.0 Å². The van der Waals surface area contributed by atoms with E-state index in [1.54, 1.807) is 30.3 Å². The summed E-state index contributed by atoms with van der Waals surface area (Å²) in [4.78, 5) is 12.5. The number of fused-ring (bicyclic) bond motifs is 3. The Labute approximate surface area is 168 Å². The average molecular weight is 392 g/mol. The Morgan fingerprint density at radius 3 is 2.52 bits per heavy atom. The molecule has 5 heteroatoms. The summed E-state index contributed by atoms with van der Waals surface area (Å²) in [7, 11) is 1.31. The second-order valence-electron chi connectivity index (χ2n) is 7.14. The molecule has 3 aromatic carbocycles. The van der Waals surface area contributed by atoms with Crippen LogP contribution in [0.5, 0.6) is 11.5 Å². The first-order valence-corrected chi connectivity index (χ1v) is 9.42. The maximum Gasteiger partial charge on any atom is 0.338 e. The van der Waals surface area contributed by atoms with Crippen molar-refractivity contribution in [1.29, 1.82) is 0 Å². The van der Waals surface area contributed by atoms with E-state index in [0.717, 1.165) is 22.4 Å². The van der Waals surface area contributed by atoms with Crippen LogP contribution in [0.2, 0.25) is 0 Å². The molecule has 4 rings (SSSR count). The maximum absolute atomic E-state index is 14.4. The van der Waals surface area contributed by atoms with Crippen molar-refractivity contribution >= 4 is 5.97 Å². The molecular weight excluding hydrogens is 371 g/mol. The number of rotatable bonds is 4. The zero-order chi connectivity index (χ0) is 20.5. The Morgan fingerprint density at radius 1 is 1.00 bits per heavy atom. The highest BCUT2D eigenvalue weighted by Gasteiger charge is 2.24. The van der Waals surface area contributed by atoms with Crippen molar-refractivity contribution in [2.24, 2.45) is 0 Å². The lowest BCUT2D eigenvalue weighted by Crippen LogP contribution is -2.11. The molecule has 0 aliphatic carbocycles. The molecule has 1 aliphatic rings. The summed E-state index contributed by atoms with van der Waals surface area (Å²) >= 11 is 0. The van der Waals surface area contributed by atoms with Crippen LogP contribution in [0.25, 0.3) is 22.3 Å². The first-order chi connectivity index (χ1) is 14.0. The topological polar surface area (TPSA) is 44.8 Å². The van der Waals surface area contributed by atoms with Crippen molar-refractivity contribution in [2.75, 3.05) is 7.11 Å². The van der Waals surface area contributed by atoms with Crippen LogP contribution >= 0.6 is 0 Å². The largest absolute Gasteiger partial charge is 0.491 e. The van der Waals surface area contributed by atoms with Gasteiger partial charge in [0.05, 0.1) is 18.8 Å². The van der Waals surface area contributed by atoms with Gasteiger partial charge in [-0.05, 0) is 49.7 Å². The normalized spacial score (nSPS) is 12.0. The van der Waals surface area contributed by atoms with Gasteiger partial charge in [-0.25, -0.2) is 9.18 Å². The monoisotopic (exact) mass is 392 g/mol. The van der Waals surface area contributed by atoms with Crippen LogP contribution in [-0.4, -0.2) is 19.2 Å². The van der Waals surface area contributed by atoms with Gasteiger partial charge in [-0.2, -0.15) is 0 Å². The minimum absolute atomic E-state index is 0.0686. The van der Waals surface area contributed by atoms with Gasteiger partial charge in [0.2, 0.25) is 0 Å². The highest BCUT2D eigenvalue weighted by atomic mass is 19.1. The molecule has 0 bridgehead atoms. The van der Waals surface area contributed by atoms with Crippen LogP contribution in [0.15, 0.2) is 54.6 Å². The minimum Gasteiger partial charge on any atom is -0.491 e. The smallest absolute Gasteiger partial charge is 0.338 e. The van der Waals surface area contributed by atoms with Crippen LogP contribution in [0.1, 0.15) is 29.8 Å². The molecule has 0 N–H and O–H groups in total. The predicted molar refractivity (Wildman–Crippen MR) is 109 cm³/mol. The van der Waals surface area contributed by atoms with Crippen LogP contribution in [-0.2, 0) is 11.3 Å². The molecule has 0 atom stereocenters. The van der Waals surface area contributed by atoms with Gasteiger partial charge < -0.3 is 14.2 Å². The van der Waals surface area contributed by atoms with E-state index in [1.165, 1.54) is 13.2 Å². The number of hydrogen-bond acceptors (Lipinski definition) is 4. The molecule has 0 unspecified atom stereocenters. The summed E-state index contributed by atoms with van der Waals surface area (Å²) in [5, 5.41) is 0. The molecule has 1 aliphatic heterocycles. The quantitative estimate of drug-likeness (QED) is 0.540. The summed E-state index contributed by atoms with van der Waals surface area (Å²) in [5.74, 6) is 0.421. The van der Waals surface area contributed by atoms with Gasteiger partial charge in [0.25, 0.3) is 0 Å². The Bertz CT molecular complexity index is 1090. The highest BCUT2D eigenvalue weighted by molar-refractivity contribution is 6.00. The third-order valence-electron chi connectivity index (χ3n) is 4.81. The fourth-order valence-electron chi connectivity index (χ4n) is 3.54. The number of esters is 1. The van der Waals surface area contributed by atoms with Gasteiger partial charge in [-0.3, -0.25) is 0 Å². The molecule has 148 valence electrons. The van der Waals surface area contributed by atoms with E-state index in [9.17, 15) is 9.18 Å². The van der Waals surface area contributed by atoms with E-state index in [2.05, 4.69) is 0 Å². The standard InChI is InChI=1S/C24H21FO4/c1-14(2)29-16-8-9-17-15(10-16)13-28-23-12-19(18-6-4-5-7-22(18)25)21(11-20(17)23)24(26)27-3/h4-12,14H,13H2,1-3H3. The van der Waals surface area contributed by atoms with Crippen molar-refractivity contribution in [1.82, 2.24) is 0 Å². The lowest BCUT2D eigenvalue weighted by atomic mass is 9.90. The van der Waals surface area contributed by atoms with Gasteiger partial charge in [-0.15, -0.1) is 0 Å². The fourth-order valence-corrected chi connectivity index (χ4v) is 3.54. The zero-order valence-electron chi connectivity index (χ0n) is 16.5. The molecule has 3 aromatic rings. The minimum atomic E-state index is -0.530. The fraction of sp³-hybridized carbons (Fsp3) is 0.208. The Hall–Kier alpha value is -3.34. The van der Waals surface area contributed by atoms with Crippen LogP contribution in [0.3, 0.4) is 0 Å². The number of benzene rings is 3. The summed E-state index contributed by atoms with van der Waals surface area (Å²) < 4.78 is 31.1. The Kier molecular flexibility index (Phi) is 4.97. The van der Waals surface area contributed by atoms with E-state index in [-0.39, 0.29) is 11.7 Å². The summed E-state index contributed by atoms with van der Waals surface area (Å²) in [6, 6.07) is 15.6. The highest BCUT2D eigenvalue weighted by Crippen LogP contribution is 2.43. The second kappa shape index (κ2) is 7.59. The molecule has 0 amide bonds. The van der Waals surface area contributed by atoms with Crippen molar-refractivity contribution < 1.29 is 23.4 Å². The molecule has 0 saturated heterocycles. The van der Waals surface area contributed by atoms with Crippen molar-refractivity contribution in [2.45, 2.75) is 26.6 Å². The number of carbonyl (C=O) groups is 1. The van der Waals surface area contributed by atoms with Crippen LogP contribution in [0.4, 0.5) is 4.39 Å². The van der Waals surface area contributed by atoms with Gasteiger partial charge in [0.15, 0.2) is 0 Å². The first kappa shape index (κ1) is 19.0. The Balaban J connectivity index is 1.87. The van der Waals surface area contributed by atoms with Crippen molar-refractivity contribution in [3.8, 4) is 33.8 Å². The lowest BCUT2D eigenvalue weighted by Gasteiger charge is -2.24. The third-order valence-corrected chi connectivity index (χ3v) is 4.81. The van der Waals surface area contributed by atoms with Gasteiger partial charge in [0.1, 0.15) is 23.9 Å². The molecule has 1 heterocycles. The lowest BCUT2D eigenvalue weighted by molar-refractivity contribution is 0.0601. The van der Waals surface area contributed by atoms with Gasteiger partial charge >= 0.3 is 5.97 Å². The molecule has 0 radical (unpaired) electrons. The SMILES string of the molecule is COC(=O)c1cc2c(cc1-c1ccccc1F)OCc1cc(OC(C)C)ccc1-2. The molecule has 0 spiro atoms. The van der Waals surface area contributed by atoms with Crippen LogP contribution < -0.4 is 9.47 Å². The number of halogens is 1. The number of methoxy groups -OCH3 is 1. The Morgan fingerprint density at radius 2 is 1.79 bits per heavy atom. The van der Waals surface area contributed by atoms with E-state index >= 15 is 0 Å². The van der Waals surface area contributed by atoms with Gasteiger partial charge in [-0.1, -0.05) is 24.3 Å². The average Bonchev–Trinajstić information content (AvgIpc) is 2.72. The van der Waals surface area contributed by atoms with E-state index in [0.29, 0.717) is 23.5 Å². The summed E-state index contributed by atoms with van der Waals surface area (Å²) in [6.45, 7) is 4.31. The third kappa shape index (κ3) is 3.56. The molecule has 4 nitrogen and oxygen atoms in total. The van der Waals surface area contributed by atoms with Gasteiger partial charge in [0, 0.05) is 22.3 Å². The van der Waals surface area contributed by atoms with Crippen LogP contribution in [0, 0.1) is 5.82 Å². The number of ether oxygens (including phenoxy) is 3. The summed E-state index contributed by atoms with van der Waals surface area (Å²) in [5.41, 5.74) is 3.73. The molecule has 0 saturated carbocycles. The predicted octanol–water partition coefficient (Wildman–Crippen LogP) is 5.63. The van der Waals surface area contributed by atoms with E-state index < -0.39 is 11.8 Å². The van der Waals surface area contributed by atoms with E-state index in [4.69, 9.17) is 14.2 Å². The molecular formula is C24H21FO4. The molecule has 0 aromatic heterocycles. The second-order valence-corrected chi connectivity index (χ2v) is 7.14. The number of hydrogen-bond donors (Lipinski definition) is 0. The molecule has 0 fully saturated rings. The zero-order valence-corrected chi connectivity index (χ0v) is 16.5. The molecule has 29 heavy (non-hydrogen) atoms. The first-order valence-electron chi connectivity index (χ1n) is 9.42. The van der Waals surface area contributed by atoms with Crippen molar-refractivity contribution in [3.63, 3.8) is 0 Å². The summed E-state index contributed by atoms with van der Waals surface area (Å²) in [6.07, 6.45) is 0.0686. The van der Waals surface area contributed by atoms with Crippen molar-refractivity contribution in [3.05, 3.63) is 71.5 Å². The number of carbonyl (C=O) groups excluding carboxylic acids is 1. The maximum atomic E-state index is 14.4.